The number of primary amides is 1. The lowest BCUT2D eigenvalue weighted by Gasteiger charge is -2.38. The lowest BCUT2D eigenvalue weighted by molar-refractivity contribution is -0.144. The van der Waals surface area contributed by atoms with E-state index >= 15 is 0 Å². The van der Waals surface area contributed by atoms with Crippen molar-refractivity contribution in [2.75, 3.05) is 6.54 Å². The second-order valence-electron chi connectivity index (χ2n) is 12.8. The number of rotatable bonds is 9. The Kier molecular flexibility index (Phi) is 8.76. The van der Waals surface area contributed by atoms with Crippen LogP contribution in [0.5, 0.6) is 0 Å². The van der Waals surface area contributed by atoms with Crippen molar-refractivity contribution >= 4 is 52.7 Å². The average molecular weight is 587 g/mol. The van der Waals surface area contributed by atoms with Crippen LogP contribution in [0.2, 0.25) is 0 Å². The van der Waals surface area contributed by atoms with Crippen LogP contribution in [-0.2, 0) is 19.2 Å². The van der Waals surface area contributed by atoms with Gasteiger partial charge in [-0.25, -0.2) is 4.79 Å². The van der Waals surface area contributed by atoms with Gasteiger partial charge in [0.05, 0.1) is 6.04 Å². The van der Waals surface area contributed by atoms with Crippen molar-refractivity contribution < 1.29 is 24.0 Å². The number of fused-ring (bicyclic) bond motifs is 1. The van der Waals surface area contributed by atoms with Crippen molar-refractivity contribution in [2.45, 2.75) is 107 Å². The molecule has 0 aromatic carbocycles. The number of ketones is 1. The third-order valence-corrected chi connectivity index (χ3v) is 9.95. The number of amides is 5. The standard InChI is InChI=1S/C27H41Cl2N5O5/c1-26(2,3)21(33-25(39)31-15-10-5-4-6-11-15)24(38)34-13-16-18(27(16,28)29)19(34)23(37)32-17(20(35)22(30)36)12-14-8-7-9-14/h14-19,21H,4-13H2,1-3H3,(H2,30,36)(H,32,37)(H2,31,33,39)/t16-,17-,18-,19-,21+/m0/s1. The number of carbonyl (C=O) groups excluding carboxylic acids is 5. The van der Waals surface area contributed by atoms with Crippen LogP contribution in [0.3, 0.4) is 0 Å². The number of hydrogen-bond acceptors (Lipinski definition) is 5. The van der Waals surface area contributed by atoms with Crippen LogP contribution >= 0.6 is 23.2 Å². The van der Waals surface area contributed by atoms with Crippen LogP contribution in [0.25, 0.3) is 0 Å². The van der Waals surface area contributed by atoms with Crippen LogP contribution in [0, 0.1) is 23.2 Å². The van der Waals surface area contributed by atoms with E-state index in [9.17, 15) is 24.0 Å². The Morgan fingerprint density at radius 3 is 2.15 bits per heavy atom. The summed E-state index contributed by atoms with van der Waals surface area (Å²) in [4.78, 5) is 66.2. The fourth-order valence-electron chi connectivity index (χ4n) is 6.28. The number of likely N-dealkylation sites (tertiary alicyclic amines) is 1. The molecule has 0 bridgehead atoms. The predicted octanol–water partition coefficient (Wildman–Crippen LogP) is 2.39. The molecular formula is C27H41Cl2N5O5. The van der Waals surface area contributed by atoms with E-state index < -0.39 is 63.3 Å². The van der Waals surface area contributed by atoms with Crippen molar-refractivity contribution in [3.05, 3.63) is 0 Å². The van der Waals surface area contributed by atoms with Gasteiger partial charge < -0.3 is 26.6 Å². The maximum absolute atomic E-state index is 13.9. The summed E-state index contributed by atoms with van der Waals surface area (Å²) in [6.45, 7) is 5.67. The number of urea groups is 1. The largest absolute Gasteiger partial charge is 0.363 e. The van der Waals surface area contributed by atoms with Crippen molar-refractivity contribution in [3.8, 4) is 0 Å². The van der Waals surface area contributed by atoms with Crippen LogP contribution in [0.4, 0.5) is 4.79 Å². The molecule has 1 aliphatic heterocycles. The summed E-state index contributed by atoms with van der Waals surface area (Å²) in [6.07, 6.45) is 8.22. The lowest BCUT2D eigenvalue weighted by atomic mass is 9.80. The summed E-state index contributed by atoms with van der Waals surface area (Å²) in [5.74, 6) is -3.65. The molecule has 218 valence electrons. The molecule has 0 unspecified atom stereocenters. The Morgan fingerprint density at radius 2 is 1.62 bits per heavy atom. The van der Waals surface area contributed by atoms with Crippen LogP contribution < -0.4 is 21.7 Å². The van der Waals surface area contributed by atoms with E-state index in [0.717, 1.165) is 51.4 Å². The number of nitrogens with one attached hydrogen (secondary N) is 3. The molecule has 0 spiro atoms. The minimum atomic E-state index is -1.18. The molecule has 5 N–H and O–H groups in total. The van der Waals surface area contributed by atoms with Gasteiger partial charge in [0, 0.05) is 24.4 Å². The zero-order valence-electron chi connectivity index (χ0n) is 22.9. The SMILES string of the molecule is CC(C)(C)[C@H](NC(=O)NC1CCCCC1)C(=O)N1C[C@H]2[C@@H]([C@H]1C(=O)N[C@@H](CC1CCC1)C(=O)C(N)=O)C2(Cl)Cl. The third-order valence-electron chi connectivity index (χ3n) is 8.88. The van der Waals surface area contributed by atoms with Crippen molar-refractivity contribution in [2.24, 2.45) is 28.9 Å². The quantitative estimate of drug-likeness (QED) is 0.242. The first kappa shape index (κ1) is 29.9. The fraction of sp³-hybridized carbons (Fsp3) is 0.815. The van der Waals surface area contributed by atoms with Gasteiger partial charge in [0.1, 0.15) is 16.4 Å². The van der Waals surface area contributed by atoms with Crippen LogP contribution in [0.15, 0.2) is 0 Å². The Hall–Kier alpha value is -2.07. The Labute approximate surface area is 239 Å². The molecule has 4 rings (SSSR count). The van der Waals surface area contributed by atoms with Gasteiger partial charge in [-0.3, -0.25) is 19.2 Å². The number of alkyl halides is 2. The molecule has 10 nitrogen and oxygen atoms in total. The zero-order valence-corrected chi connectivity index (χ0v) is 24.4. The second kappa shape index (κ2) is 11.4. The molecule has 0 radical (unpaired) electrons. The number of nitrogens with zero attached hydrogens (tertiary/aromatic N) is 1. The maximum atomic E-state index is 13.9. The average Bonchev–Trinajstić information content (AvgIpc) is 3.15. The molecule has 4 aliphatic rings. The highest BCUT2D eigenvalue weighted by atomic mass is 35.5. The normalized spacial score (nSPS) is 27.9. The third kappa shape index (κ3) is 6.47. The molecule has 12 heteroatoms. The lowest BCUT2D eigenvalue weighted by Crippen LogP contribution is -2.62. The number of Topliss-reactive ketones (excluding diaryl/α,β-unsaturated/α-hetero) is 1. The topological polar surface area (TPSA) is 151 Å². The molecule has 39 heavy (non-hydrogen) atoms. The number of hydrogen-bond donors (Lipinski definition) is 4. The van der Waals surface area contributed by atoms with E-state index in [0.29, 0.717) is 6.42 Å². The van der Waals surface area contributed by atoms with Crippen molar-refractivity contribution in [1.82, 2.24) is 20.9 Å². The molecule has 1 heterocycles. The van der Waals surface area contributed by atoms with Gasteiger partial charge in [-0.15, -0.1) is 23.2 Å². The molecule has 0 aromatic heterocycles. The first-order valence-corrected chi connectivity index (χ1v) is 14.9. The smallest absolute Gasteiger partial charge is 0.315 e. The zero-order chi connectivity index (χ0) is 28.7. The van der Waals surface area contributed by atoms with E-state index in [-0.39, 0.29) is 24.4 Å². The first-order chi connectivity index (χ1) is 18.2. The molecule has 1 saturated heterocycles. The monoisotopic (exact) mass is 585 g/mol. The Morgan fingerprint density at radius 1 is 0.974 bits per heavy atom. The molecular weight excluding hydrogens is 545 g/mol. The number of piperidine rings is 1. The highest BCUT2D eigenvalue weighted by Gasteiger charge is 2.74. The van der Waals surface area contributed by atoms with Gasteiger partial charge in [0.2, 0.25) is 17.6 Å². The fourth-order valence-corrected chi connectivity index (χ4v) is 7.10. The number of nitrogens with two attached hydrogens (primary N) is 1. The van der Waals surface area contributed by atoms with Gasteiger partial charge in [-0.05, 0) is 30.6 Å². The van der Waals surface area contributed by atoms with Gasteiger partial charge >= 0.3 is 6.03 Å². The summed E-state index contributed by atoms with van der Waals surface area (Å²) in [5.41, 5.74) is 4.60. The number of halogens is 2. The van der Waals surface area contributed by atoms with Gasteiger partial charge in [-0.2, -0.15) is 0 Å². The highest BCUT2D eigenvalue weighted by Crippen LogP contribution is 2.65. The summed E-state index contributed by atoms with van der Waals surface area (Å²) >= 11 is 12.9. The first-order valence-electron chi connectivity index (χ1n) is 14.1. The molecule has 0 aromatic rings. The van der Waals surface area contributed by atoms with E-state index in [1.54, 1.807) is 0 Å². The molecule has 4 fully saturated rings. The minimum absolute atomic E-state index is 0.0657. The van der Waals surface area contributed by atoms with E-state index in [2.05, 4.69) is 16.0 Å². The molecule has 5 amide bonds. The second-order valence-corrected chi connectivity index (χ2v) is 14.3. The van der Waals surface area contributed by atoms with E-state index in [4.69, 9.17) is 28.9 Å². The molecule has 5 atom stereocenters. The summed E-state index contributed by atoms with van der Waals surface area (Å²) < 4.78 is -1.18. The molecule has 3 aliphatic carbocycles. The van der Waals surface area contributed by atoms with Gasteiger partial charge in [0.15, 0.2) is 0 Å². The Bertz CT molecular complexity index is 1010. The van der Waals surface area contributed by atoms with Crippen LogP contribution in [-0.4, -0.2) is 69.5 Å². The highest BCUT2D eigenvalue weighted by molar-refractivity contribution is 6.51. The van der Waals surface area contributed by atoms with Gasteiger partial charge in [0.25, 0.3) is 5.91 Å². The molecule has 3 saturated carbocycles. The summed E-state index contributed by atoms with van der Waals surface area (Å²) in [7, 11) is 0. The summed E-state index contributed by atoms with van der Waals surface area (Å²) in [6, 6.07) is -3.40. The number of carbonyl (C=O) groups is 5. The van der Waals surface area contributed by atoms with Gasteiger partial charge in [-0.1, -0.05) is 59.3 Å². The summed E-state index contributed by atoms with van der Waals surface area (Å²) in [5, 5.41) is 8.53. The maximum Gasteiger partial charge on any atom is 0.315 e. The van der Waals surface area contributed by atoms with Crippen molar-refractivity contribution in [3.63, 3.8) is 0 Å². The van der Waals surface area contributed by atoms with Crippen LogP contribution in [0.1, 0.15) is 78.6 Å². The predicted molar refractivity (Wildman–Crippen MR) is 147 cm³/mol. The van der Waals surface area contributed by atoms with Crippen molar-refractivity contribution in [1.29, 1.82) is 0 Å². The Balaban J connectivity index is 1.50. The minimum Gasteiger partial charge on any atom is -0.363 e. The van der Waals surface area contributed by atoms with E-state index in [1.165, 1.54) is 4.90 Å². The van der Waals surface area contributed by atoms with E-state index in [1.807, 2.05) is 20.8 Å².